The van der Waals surface area contributed by atoms with Crippen LogP contribution in [0.3, 0.4) is 0 Å². The fraction of sp³-hybridized carbons (Fsp3) is 0.0833. The smallest absolute Gasteiger partial charge is 0.328 e. The third-order valence-electron chi connectivity index (χ3n) is 1.83. The Balaban J connectivity index is 2.70. The second-order valence-electron chi connectivity index (χ2n) is 3.42. The standard InChI is InChI=1S/C12H12N2O4/c1-8(15)13-9-3-2-4-10(7-9)14-11(16)5-6-12(17)18/h2-7H,1H3,(H,13,15)(H,14,16)(H,17,18)/b6-5+. The lowest BCUT2D eigenvalue weighted by Crippen LogP contribution is -2.10. The first-order valence-corrected chi connectivity index (χ1v) is 5.07. The minimum Gasteiger partial charge on any atom is -0.478 e. The van der Waals surface area contributed by atoms with E-state index in [-0.39, 0.29) is 5.91 Å². The maximum atomic E-state index is 11.3. The van der Waals surface area contributed by atoms with Gasteiger partial charge in [-0.05, 0) is 18.2 Å². The van der Waals surface area contributed by atoms with Gasteiger partial charge in [0, 0.05) is 30.5 Å². The van der Waals surface area contributed by atoms with Gasteiger partial charge in [-0.15, -0.1) is 0 Å². The largest absolute Gasteiger partial charge is 0.478 e. The molecular weight excluding hydrogens is 236 g/mol. The van der Waals surface area contributed by atoms with Crippen molar-refractivity contribution in [3.8, 4) is 0 Å². The van der Waals surface area contributed by atoms with Crippen LogP contribution in [0.4, 0.5) is 11.4 Å². The van der Waals surface area contributed by atoms with Gasteiger partial charge in [-0.25, -0.2) is 4.79 Å². The van der Waals surface area contributed by atoms with E-state index in [9.17, 15) is 14.4 Å². The molecule has 0 aromatic heterocycles. The number of aliphatic carboxylic acids is 1. The molecule has 1 aromatic rings. The van der Waals surface area contributed by atoms with Crippen molar-refractivity contribution in [3.05, 3.63) is 36.4 Å². The highest BCUT2D eigenvalue weighted by Gasteiger charge is 2.01. The predicted octanol–water partition coefficient (Wildman–Crippen LogP) is 1.22. The lowest BCUT2D eigenvalue weighted by molar-refractivity contribution is -0.131. The van der Waals surface area contributed by atoms with Gasteiger partial charge < -0.3 is 15.7 Å². The number of hydrogen-bond acceptors (Lipinski definition) is 3. The number of benzene rings is 1. The second-order valence-corrected chi connectivity index (χ2v) is 3.42. The summed E-state index contributed by atoms with van der Waals surface area (Å²) in [5, 5.41) is 13.4. The number of carbonyl (C=O) groups excluding carboxylic acids is 2. The van der Waals surface area contributed by atoms with E-state index < -0.39 is 11.9 Å². The third-order valence-corrected chi connectivity index (χ3v) is 1.83. The predicted molar refractivity (Wildman–Crippen MR) is 66.2 cm³/mol. The molecule has 0 aliphatic carbocycles. The first kappa shape index (κ1) is 13.4. The van der Waals surface area contributed by atoms with Crippen molar-refractivity contribution in [1.29, 1.82) is 0 Å². The fourth-order valence-corrected chi connectivity index (χ4v) is 1.21. The molecule has 0 aliphatic heterocycles. The van der Waals surface area contributed by atoms with E-state index in [1.807, 2.05) is 0 Å². The van der Waals surface area contributed by atoms with Gasteiger partial charge in [0.2, 0.25) is 11.8 Å². The highest BCUT2D eigenvalue weighted by molar-refractivity contribution is 6.02. The van der Waals surface area contributed by atoms with Crippen LogP contribution in [0.2, 0.25) is 0 Å². The van der Waals surface area contributed by atoms with Crippen molar-refractivity contribution in [3.63, 3.8) is 0 Å². The van der Waals surface area contributed by atoms with Crippen molar-refractivity contribution >= 4 is 29.2 Å². The number of carbonyl (C=O) groups is 3. The number of carboxylic acids is 1. The molecule has 0 heterocycles. The van der Waals surface area contributed by atoms with E-state index >= 15 is 0 Å². The number of nitrogens with one attached hydrogen (secondary N) is 2. The molecule has 0 fully saturated rings. The molecule has 1 rings (SSSR count). The van der Waals surface area contributed by atoms with Gasteiger partial charge >= 0.3 is 5.97 Å². The van der Waals surface area contributed by atoms with Gasteiger partial charge in [-0.3, -0.25) is 9.59 Å². The summed E-state index contributed by atoms with van der Waals surface area (Å²) in [6.07, 6.45) is 1.65. The highest BCUT2D eigenvalue weighted by Crippen LogP contribution is 2.14. The summed E-state index contributed by atoms with van der Waals surface area (Å²) in [6, 6.07) is 6.51. The Morgan fingerprint density at radius 3 is 2.28 bits per heavy atom. The quantitative estimate of drug-likeness (QED) is 0.698. The van der Waals surface area contributed by atoms with Crippen LogP contribution in [-0.4, -0.2) is 22.9 Å². The second kappa shape index (κ2) is 6.19. The minimum atomic E-state index is -1.20. The lowest BCUT2D eigenvalue weighted by Gasteiger charge is -2.05. The average Bonchev–Trinajstić information content (AvgIpc) is 2.26. The zero-order chi connectivity index (χ0) is 13.5. The topological polar surface area (TPSA) is 95.5 Å². The van der Waals surface area contributed by atoms with E-state index in [2.05, 4.69) is 10.6 Å². The first-order valence-electron chi connectivity index (χ1n) is 5.07. The maximum absolute atomic E-state index is 11.3. The van der Waals surface area contributed by atoms with Crippen molar-refractivity contribution in [2.24, 2.45) is 0 Å². The molecular formula is C12H12N2O4. The minimum absolute atomic E-state index is 0.218. The number of rotatable bonds is 4. The Morgan fingerprint density at radius 2 is 1.72 bits per heavy atom. The summed E-state index contributed by atoms with van der Waals surface area (Å²) in [4.78, 5) is 32.4. The molecule has 0 bridgehead atoms. The summed E-state index contributed by atoms with van der Waals surface area (Å²) in [6.45, 7) is 1.38. The Morgan fingerprint density at radius 1 is 1.11 bits per heavy atom. The molecule has 2 amide bonds. The Kier molecular flexibility index (Phi) is 4.62. The Bertz CT molecular complexity index is 509. The molecule has 0 spiro atoms. The summed E-state index contributed by atoms with van der Waals surface area (Å²) in [7, 11) is 0. The molecule has 94 valence electrons. The van der Waals surface area contributed by atoms with Crippen LogP contribution in [0.1, 0.15) is 6.92 Å². The molecule has 6 nitrogen and oxygen atoms in total. The van der Waals surface area contributed by atoms with Crippen LogP contribution >= 0.6 is 0 Å². The van der Waals surface area contributed by atoms with Crippen molar-refractivity contribution in [2.45, 2.75) is 6.92 Å². The van der Waals surface area contributed by atoms with Gasteiger partial charge in [0.15, 0.2) is 0 Å². The van der Waals surface area contributed by atoms with Crippen LogP contribution in [0.15, 0.2) is 36.4 Å². The van der Waals surface area contributed by atoms with Gasteiger partial charge in [0.25, 0.3) is 0 Å². The third kappa shape index (κ3) is 4.93. The molecule has 0 saturated carbocycles. The van der Waals surface area contributed by atoms with E-state index in [0.717, 1.165) is 12.2 Å². The zero-order valence-electron chi connectivity index (χ0n) is 9.64. The average molecular weight is 248 g/mol. The molecule has 0 unspecified atom stereocenters. The molecule has 1 aromatic carbocycles. The fourth-order valence-electron chi connectivity index (χ4n) is 1.21. The van der Waals surface area contributed by atoms with E-state index in [1.165, 1.54) is 6.92 Å². The van der Waals surface area contributed by atoms with E-state index in [0.29, 0.717) is 11.4 Å². The van der Waals surface area contributed by atoms with Gasteiger partial charge in [0.05, 0.1) is 0 Å². The summed E-state index contributed by atoms with van der Waals surface area (Å²) in [5.41, 5.74) is 1.00. The first-order chi connectivity index (χ1) is 8.47. The van der Waals surface area contributed by atoms with Crippen molar-refractivity contribution < 1.29 is 19.5 Å². The molecule has 3 N–H and O–H groups in total. The Labute approximate surface area is 103 Å². The SMILES string of the molecule is CC(=O)Nc1cccc(NC(=O)/C=C/C(=O)O)c1. The van der Waals surface area contributed by atoms with Gasteiger partial charge in [-0.1, -0.05) is 6.07 Å². The monoisotopic (exact) mass is 248 g/mol. The summed E-state index contributed by atoms with van der Waals surface area (Å²) < 4.78 is 0. The lowest BCUT2D eigenvalue weighted by atomic mass is 10.2. The van der Waals surface area contributed by atoms with E-state index in [1.54, 1.807) is 24.3 Å². The maximum Gasteiger partial charge on any atom is 0.328 e. The molecule has 0 radical (unpaired) electrons. The number of amides is 2. The number of carboxylic acid groups (broad SMARTS) is 1. The molecule has 0 atom stereocenters. The highest BCUT2D eigenvalue weighted by atomic mass is 16.4. The molecule has 6 heteroatoms. The Hall–Kier alpha value is -2.63. The van der Waals surface area contributed by atoms with Gasteiger partial charge in [0.1, 0.15) is 0 Å². The van der Waals surface area contributed by atoms with Gasteiger partial charge in [-0.2, -0.15) is 0 Å². The molecule has 0 aliphatic rings. The molecule has 18 heavy (non-hydrogen) atoms. The van der Waals surface area contributed by atoms with Crippen LogP contribution < -0.4 is 10.6 Å². The van der Waals surface area contributed by atoms with Crippen LogP contribution in [-0.2, 0) is 14.4 Å². The van der Waals surface area contributed by atoms with Crippen LogP contribution in [0.5, 0.6) is 0 Å². The molecule has 0 saturated heterocycles. The zero-order valence-corrected chi connectivity index (χ0v) is 9.64. The summed E-state index contributed by atoms with van der Waals surface area (Å²) >= 11 is 0. The van der Waals surface area contributed by atoms with Crippen molar-refractivity contribution in [1.82, 2.24) is 0 Å². The normalized spacial score (nSPS) is 10.1. The van der Waals surface area contributed by atoms with E-state index in [4.69, 9.17) is 5.11 Å². The van der Waals surface area contributed by atoms with Crippen LogP contribution in [0.25, 0.3) is 0 Å². The van der Waals surface area contributed by atoms with Crippen LogP contribution in [0, 0.1) is 0 Å². The number of hydrogen-bond donors (Lipinski definition) is 3. The summed E-state index contributed by atoms with van der Waals surface area (Å²) in [5.74, 6) is -1.97. The number of anilines is 2. The van der Waals surface area contributed by atoms with Crippen molar-refractivity contribution in [2.75, 3.05) is 10.6 Å².